The van der Waals surface area contributed by atoms with E-state index in [4.69, 9.17) is 9.47 Å². The molecule has 3 aromatic heterocycles. The van der Waals surface area contributed by atoms with Crippen molar-refractivity contribution in [1.82, 2.24) is 18.4 Å². The maximum atomic E-state index is 13.0. The van der Waals surface area contributed by atoms with Crippen LogP contribution in [0, 0.1) is 18.3 Å². The van der Waals surface area contributed by atoms with Gasteiger partial charge in [-0.2, -0.15) is 19.1 Å². The van der Waals surface area contributed by atoms with Gasteiger partial charge in [0.1, 0.15) is 22.9 Å². The standard InChI is InChI=1S/C29H21N7O3S/c1-17-24(33-29(37)18-7-12-22-23(13-18)35-40-34-22)16-36-28(17)27(19(14-30)15-31-36)32-20-8-10-21(11-9-20)39-26-6-4-3-5-25(26)38-2/h3-13,15-16,32H,1-2H3,(H,33,37). The Labute approximate surface area is 232 Å². The van der Waals surface area contributed by atoms with E-state index in [1.165, 1.54) is 6.20 Å². The second-order valence-electron chi connectivity index (χ2n) is 8.83. The lowest BCUT2D eigenvalue weighted by Crippen LogP contribution is -2.12. The van der Waals surface area contributed by atoms with Crippen LogP contribution in [0.1, 0.15) is 21.5 Å². The monoisotopic (exact) mass is 547 g/mol. The molecule has 1 amide bonds. The minimum Gasteiger partial charge on any atom is -0.493 e. The predicted molar refractivity (Wildman–Crippen MR) is 153 cm³/mol. The van der Waals surface area contributed by atoms with Crippen molar-refractivity contribution < 1.29 is 14.3 Å². The van der Waals surface area contributed by atoms with Crippen molar-refractivity contribution in [1.29, 1.82) is 5.26 Å². The van der Waals surface area contributed by atoms with Crippen LogP contribution in [0.3, 0.4) is 0 Å². The molecule has 0 fully saturated rings. The van der Waals surface area contributed by atoms with Gasteiger partial charge in [0, 0.05) is 16.8 Å². The number of benzene rings is 3. The number of nitrogens with one attached hydrogen (secondary N) is 2. The second kappa shape index (κ2) is 10.4. The third kappa shape index (κ3) is 4.63. The van der Waals surface area contributed by atoms with Crippen LogP contribution >= 0.6 is 11.7 Å². The molecule has 40 heavy (non-hydrogen) atoms. The van der Waals surface area contributed by atoms with Gasteiger partial charge in [0.05, 0.1) is 53.7 Å². The van der Waals surface area contributed by atoms with Gasteiger partial charge in [0.25, 0.3) is 5.91 Å². The molecule has 11 heteroatoms. The Morgan fingerprint density at radius 2 is 1.80 bits per heavy atom. The normalized spacial score (nSPS) is 10.8. The summed E-state index contributed by atoms with van der Waals surface area (Å²) in [5, 5.41) is 20.5. The summed E-state index contributed by atoms with van der Waals surface area (Å²) in [6.45, 7) is 1.87. The van der Waals surface area contributed by atoms with Crippen LogP contribution in [0.15, 0.2) is 79.1 Å². The third-order valence-electron chi connectivity index (χ3n) is 6.36. The molecule has 0 saturated heterocycles. The SMILES string of the molecule is COc1ccccc1Oc1ccc(Nc2c(C#N)cnn3cc(NC(=O)c4ccc5nsnc5c4)c(C)c23)cc1. The lowest BCUT2D eigenvalue weighted by molar-refractivity contribution is 0.102. The van der Waals surface area contributed by atoms with E-state index in [0.29, 0.717) is 50.8 Å². The number of nitrogens with zero attached hydrogens (tertiary/aromatic N) is 5. The smallest absolute Gasteiger partial charge is 0.255 e. The van der Waals surface area contributed by atoms with E-state index in [1.54, 1.807) is 36.0 Å². The highest BCUT2D eigenvalue weighted by Gasteiger charge is 2.18. The number of nitriles is 1. The summed E-state index contributed by atoms with van der Waals surface area (Å²) >= 11 is 1.10. The van der Waals surface area contributed by atoms with Crippen LogP contribution in [0.25, 0.3) is 16.6 Å². The quantitative estimate of drug-likeness (QED) is 0.238. The first kappa shape index (κ1) is 24.8. The average molecular weight is 548 g/mol. The zero-order valence-electron chi connectivity index (χ0n) is 21.4. The zero-order valence-corrected chi connectivity index (χ0v) is 22.2. The highest BCUT2D eigenvalue weighted by Crippen LogP contribution is 2.34. The Balaban J connectivity index is 1.28. The maximum Gasteiger partial charge on any atom is 0.255 e. The van der Waals surface area contributed by atoms with E-state index in [0.717, 1.165) is 28.5 Å². The molecule has 6 aromatic rings. The number of anilines is 3. The number of fused-ring (bicyclic) bond motifs is 2. The van der Waals surface area contributed by atoms with Crippen LogP contribution in [0.4, 0.5) is 17.1 Å². The number of aromatic nitrogens is 4. The Kier molecular flexibility index (Phi) is 6.43. The van der Waals surface area contributed by atoms with Crippen molar-refractivity contribution >= 4 is 51.2 Å². The molecule has 10 nitrogen and oxygen atoms in total. The fraction of sp³-hybridized carbons (Fsp3) is 0.0690. The van der Waals surface area contributed by atoms with E-state index in [9.17, 15) is 10.1 Å². The summed E-state index contributed by atoms with van der Waals surface area (Å²) in [5.41, 5.74) is 5.57. The Bertz CT molecular complexity index is 1920. The zero-order chi connectivity index (χ0) is 27.6. The number of carbonyl (C=O) groups is 1. The number of hydrogen-bond donors (Lipinski definition) is 2. The maximum absolute atomic E-state index is 13.0. The molecular formula is C29H21N7O3S. The first-order chi connectivity index (χ1) is 19.5. The number of amides is 1. The van der Waals surface area contributed by atoms with E-state index < -0.39 is 0 Å². The number of ether oxygens (including phenoxy) is 2. The fourth-order valence-corrected chi connectivity index (χ4v) is 4.84. The van der Waals surface area contributed by atoms with E-state index in [1.807, 2.05) is 55.5 Å². The van der Waals surface area contributed by atoms with Gasteiger partial charge in [-0.05, 0) is 61.5 Å². The van der Waals surface area contributed by atoms with Gasteiger partial charge in [-0.15, -0.1) is 0 Å². The van der Waals surface area contributed by atoms with Crippen LogP contribution in [0.2, 0.25) is 0 Å². The summed E-state index contributed by atoms with van der Waals surface area (Å²) in [4.78, 5) is 13.0. The number of carbonyl (C=O) groups excluding carboxylic acids is 1. The average Bonchev–Trinajstić information content (AvgIpc) is 3.58. The number of aryl methyl sites for hydroxylation is 1. The molecule has 0 radical (unpaired) electrons. The van der Waals surface area contributed by atoms with Gasteiger partial charge in [-0.1, -0.05) is 12.1 Å². The van der Waals surface area contributed by atoms with Crippen molar-refractivity contribution in [3.63, 3.8) is 0 Å². The van der Waals surface area contributed by atoms with Gasteiger partial charge in [0.2, 0.25) is 0 Å². The van der Waals surface area contributed by atoms with Crippen molar-refractivity contribution in [2.24, 2.45) is 0 Å². The molecule has 0 aliphatic heterocycles. The van der Waals surface area contributed by atoms with Crippen molar-refractivity contribution in [2.75, 3.05) is 17.7 Å². The Morgan fingerprint density at radius 1 is 1.02 bits per heavy atom. The number of methoxy groups -OCH3 is 1. The van der Waals surface area contributed by atoms with Crippen LogP contribution in [-0.4, -0.2) is 31.4 Å². The molecule has 0 saturated carbocycles. The fourth-order valence-electron chi connectivity index (χ4n) is 4.32. The predicted octanol–water partition coefficient (Wildman–Crippen LogP) is 6.32. The van der Waals surface area contributed by atoms with Gasteiger partial charge < -0.3 is 20.1 Å². The topological polar surface area (TPSA) is 126 Å². The van der Waals surface area contributed by atoms with Gasteiger partial charge in [-0.3, -0.25) is 4.79 Å². The van der Waals surface area contributed by atoms with Crippen molar-refractivity contribution in [3.8, 4) is 23.3 Å². The summed E-state index contributed by atoms with van der Waals surface area (Å²) in [5.74, 6) is 1.59. The van der Waals surface area contributed by atoms with E-state index >= 15 is 0 Å². The number of rotatable bonds is 7. The molecule has 3 heterocycles. The van der Waals surface area contributed by atoms with Gasteiger partial charge in [0.15, 0.2) is 11.5 Å². The van der Waals surface area contributed by atoms with Crippen LogP contribution < -0.4 is 20.1 Å². The lowest BCUT2D eigenvalue weighted by atomic mass is 10.1. The summed E-state index contributed by atoms with van der Waals surface area (Å²) in [6, 6.07) is 22.2. The molecule has 6 rings (SSSR count). The van der Waals surface area contributed by atoms with E-state index in [2.05, 4.69) is 30.5 Å². The van der Waals surface area contributed by atoms with Crippen molar-refractivity contribution in [2.45, 2.75) is 6.92 Å². The minimum atomic E-state index is -0.283. The summed E-state index contributed by atoms with van der Waals surface area (Å²) in [6.07, 6.45) is 3.21. The molecule has 0 spiro atoms. The highest BCUT2D eigenvalue weighted by molar-refractivity contribution is 7.00. The minimum absolute atomic E-state index is 0.283. The summed E-state index contributed by atoms with van der Waals surface area (Å²) in [7, 11) is 1.59. The first-order valence-corrected chi connectivity index (χ1v) is 12.9. The third-order valence-corrected chi connectivity index (χ3v) is 6.92. The molecule has 0 aliphatic rings. The van der Waals surface area contributed by atoms with Gasteiger partial charge in [-0.25, -0.2) is 4.52 Å². The molecule has 0 bridgehead atoms. The molecule has 0 aliphatic carbocycles. The highest BCUT2D eigenvalue weighted by atomic mass is 32.1. The second-order valence-corrected chi connectivity index (χ2v) is 9.36. The molecule has 2 N–H and O–H groups in total. The molecule has 196 valence electrons. The molecule has 0 atom stereocenters. The van der Waals surface area contributed by atoms with Crippen LogP contribution in [-0.2, 0) is 0 Å². The molecule has 0 unspecified atom stereocenters. The van der Waals surface area contributed by atoms with E-state index in [-0.39, 0.29) is 5.91 Å². The van der Waals surface area contributed by atoms with Gasteiger partial charge >= 0.3 is 0 Å². The lowest BCUT2D eigenvalue weighted by Gasteiger charge is -2.13. The summed E-state index contributed by atoms with van der Waals surface area (Å²) < 4.78 is 21.4. The largest absolute Gasteiger partial charge is 0.493 e. The Morgan fingerprint density at radius 3 is 2.58 bits per heavy atom. The molecule has 3 aromatic carbocycles. The number of para-hydroxylation sites is 2. The first-order valence-electron chi connectivity index (χ1n) is 12.2. The number of hydrogen-bond acceptors (Lipinski definition) is 9. The van der Waals surface area contributed by atoms with Crippen molar-refractivity contribution in [3.05, 3.63) is 95.8 Å². The Hall–Kier alpha value is -5.47. The van der Waals surface area contributed by atoms with Crippen LogP contribution in [0.5, 0.6) is 17.2 Å². The molecular weight excluding hydrogens is 526 g/mol.